The van der Waals surface area contributed by atoms with E-state index in [2.05, 4.69) is 5.32 Å². The quantitative estimate of drug-likeness (QED) is 0.784. The van der Waals surface area contributed by atoms with Crippen LogP contribution in [0.3, 0.4) is 0 Å². The maximum atomic E-state index is 12.2. The molecule has 2 N–H and O–H groups in total. The van der Waals surface area contributed by atoms with E-state index in [4.69, 9.17) is 9.47 Å². The van der Waals surface area contributed by atoms with Gasteiger partial charge in [0.25, 0.3) is 0 Å². The van der Waals surface area contributed by atoms with Crippen molar-refractivity contribution < 1.29 is 24.2 Å². The topological polar surface area (TPSA) is 84.9 Å². The molecule has 0 bridgehead atoms. The van der Waals surface area contributed by atoms with E-state index in [1.54, 1.807) is 27.7 Å². The third-order valence-electron chi connectivity index (χ3n) is 3.01. The summed E-state index contributed by atoms with van der Waals surface area (Å²) in [6.07, 6.45) is -0.723. The van der Waals surface area contributed by atoms with Gasteiger partial charge in [0.2, 0.25) is 0 Å². The van der Waals surface area contributed by atoms with Crippen LogP contribution >= 0.6 is 0 Å². The summed E-state index contributed by atoms with van der Waals surface area (Å²) in [5.74, 6) is -1.10. The summed E-state index contributed by atoms with van der Waals surface area (Å²) in [5.41, 5.74) is 0.166. The van der Waals surface area contributed by atoms with E-state index in [1.165, 1.54) is 0 Å². The number of rotatable bonds is 6. The first-order valence-corrected chi connectivity index (χ1v) is 7.54. The number of carbonyl (C=O) groups is 2. The second kappa shape index (κ2) is 8.53. The molecule has 0 saturated carbocycles. The summed E-state index contributed by atoms with van der Waals surface area (Å²) < 4.78 is 10.4. The Morgan fingerprint density at radius 2 is 1.83 bits per heavy atom. The minimum absolute atomic E-state index is 0.102. The van der Waals surface area contributed by atoms with Gasteiger partial charge in [-0.15, -0.1) is 0 Å². The van der Waals surface area contributed by atoms with Crippen molar-refractivity contribution in [2.75, 3.05) is 6.61 Å². The molecule has 0 fully saturated rings. The highest BCUT2D eigenvalue weighted by Crippen LogP contribution is 2.11. The molecule has 6 nitrogen and oxygen atoms in total. The highest BCUT2D eigenvalue weighted by atomic mass is 16.6. The molecule has 0 aliphatic heterocycles. The van der Waals surface area contributed by atoms with E-state index in [-0.39, 0.29) is 13.2 Å². The van der Waals surface area contributed by atoms with Gasteiger partial charge in [0.1, 0.15) is 18.2 Å². The highest BCUT2D eigenvalue weighted by molar-refractivity contribution is 5.81. The highest BCUT2D eigenvalue weighted by Gasteiger charge is 2.30. The van der Waals surface area contributed by atoms with Crippen LogP contribution in [0, 0.1) is 5.92 Å². The van der Waals surface area contributed by atoms with E-state index in [9.17, 15) is 14.7 Å². The molecule has 23 heavy (non-hydrogen) atoms. The monoisotopic (exact) mass is 323 g/mol. The molecule has 0 unspecified atom stereocenters. The van der Waals surface area contributed by atoms with Crippen LogP contribution in [0.4, 0.5) is 4.79 Å². The zero-order valence-corrected chi connectivity index (χ0v) is 14.0. The molecule has 1 amide bonds. The average Bonchev–Trinajstić information content (AvgIpc) is 2.49. The van der Waals surface area contributed by atoms with Gasteiger partial charge in [-0.05, 0) is 26.3 Å². The van der Waals surface area contributed by atoms with Gasteiger partial charge in [0, 0.05) is 12.5 Å². The Kier molecular flexibility index (Phi) is 7.03. The molecule has 6 heteroatoms. The Bertz CT molecular complexity index is 509. The number of hydrogen-bond donors (Lipinski definition) is 2. The van der Waals surface area contributed by atoms with Crippen molar-refractivity contribution in [1.29, 1.82) is 0 Å². The SMILES string of the molecule is C[C@H](CO)[C@H](NC(=O)OC(C)(C)C)C(=O)OCc1ccccc1. The van der Waals surface area contributed by atoms with Gasteiger partial charge in [-0.2, -0.15) is 0 Å². The molecule has 1 aromatic carbocycles. The number of esters is 1. The molecule has 0 aromatic heterocycles. The molecule has 128 valence electrons. The van der Waals surface area contributed by atoms with Crippen LogP contribution in [0.25, 0.3) is 0 Å². The first kappa shape index (κ1) is 19.0. The third kappa shape index (κ3) is 7.15. The molecule has 0 aliphatic carbocycles. The first-order valence-electron chi connectivity index (χ1n) is 7.54. The van der Waals surface area contributed by atoms with E-state index in [1.807, 2.05) is 30.3 Å². The summed E-state index contributed by atoms with van der Waals surface area (Å²) in [7, 11) is 0. The Hall–Kier alpha value is -2.08. The van der Waals surface area contributed by atoms with Gasteiger partial charge in [0.15, 0.2) is 0 Å². The number of alkyl carbamates (subject to hydrolysis) is 1. The van der Waals surface area contributed by atoms with Crippen LogP contribution in [-0.4, -0.2) is 35.4 Å². The van der Waals surface area contributed by atoms with Crippen molar-refractivity contribution in [2.45, 2.75) is 45.9 Å². The lowest BCUT2D eigenvalue weighted by Crippen LogP contribution is -2.48. The van der Waals surface area contributed by atoms with Gasteiger partial charge in [-0.1, -0.05) is 37.3 Å². The average molecular weight is 323 g/mol. The Morgan fingerprint density at radius 3 is 2.35 bits per heavy atom. The van der Waals surface area contributed by atoms with Crippen LogP contribution in [0.5, 0.6) is 0 Å². The fourth-order valence-electron chi connectivity index (χ4n) is 1.79. The maximum Gasteiger partial charge on any atom is 0.408 e. The number of hydrogen-bond acceptors (Lipinski definition) is 5. The van der Waals surface area contributed by atoms with Gasteiger partial charge in [-0.25, -0.2) is 9.59 Å². The summed E-state index contributed by atoms with van der Waals surface area (Å²) in [4.78, 5) is 24.1. The van der Waals surface area contributed by atoms with Crippen molar-refractivity contribution in [3.63, 3.8) is 0 Å². The van der Waals surface area contributed by atoms with Crippen molar-refractivity contribution in [2.24, 2.45) is 5.92 Å². The van der Waals surface area contributed by atoms with E-state index < -0.39 is 29.6 Å². The summed E-state index contributed by atoms with van der Waals surface area (Å²) in [6, 6.07) is 8.24. The standard InChI is InChI=1S/C17H25NO5/c1-12(10-19)14(18-16(21)23-17(2,3)4)15(20)22-11-13-8-6-5-7-9-13/h5-9,12,14,19H,10-11H2,1-4H3,(H,18,21)/t12-,14+/m1/s1. The molecule has 0 saturated heterocycles. The van der Waals surface area contributed by atoms with Crippen molar-refractivity contribution in [3.05, 3.63) is 35.9 Å². The lowest BCUT2D eigenvalue weighted by atomic mass is 10.0. The zero-order valence-electron chi connectivity index (χ0n) is 14.0. The van der Waals surface area contributed by atoms with Crippen LogP contribution in [0.1, 0.15) is 33.3 Å². The molecule has 2 atom stereocenters. The molecule has 0 radical (unpaired) electrons. The molecule has 1 aromatic rings. The smallest absolute Gasteiger partial charge is 0.408 e. The molecule has 0 spiro atoms. The van der Waals surface area contributed by atoms with Crippen molar-refractivity contribution in [3.8, 4) is 0 Å². The van der Waals surface area contributed by atoms with Gasteiger partial charge >= 0.3 is 12.1 Å². The van der Waals surface area contributed by atoms with E-state index in [0.717, 1.165) is 5.56 Å². The van der Waals surface area contributed by atoms with Gasteiger partial charge in [0.05, 0.1) is 0 Å². The Balaban J connectivity index is 2.65. The number of ether oxygens (including phenoxy) is 2. The summed E-state index contributed by atoms with van der Waals surface area (Å²) in [6.45, 7) is 6.66. The normalized spacial score (nSPS) is 13.8. The van der Waals surface area contributed by atoms with Gasteiger partial charge < -0.3 is 19.9 Å². The molecule has 0 aliphatic rings. The van der Waals surface area contributed by atoms with Crippen LogP contribution in [-0.2, 0) is 20.9 Å². The van der Waals surface area contributed by atoms with E-state index in [0.29, 0.717) is 0 Å². The predicted octanol–water partition coefficient (Wildman–Crippen LogP) is 2.25. The fraction of sp³-hybridized carbons (Fsp3) is 0.529. The lowest BCUT2D eigenvalue weighted by molar-refractivity contribution is -0.149. The first-order chi connectivity index (χ1) is 10.7. The zero-order chi connectivity index (χ0) is 17.5. The number of aliphatic hydroxyl groups is 1. The maximum absolute atomic E-state index is 12.2. The number of benzene rings is 1. The van der Waals surface area contributed by atoms with Crippen molar-refractivity contribution >= 4 is 12.1 Å². The second-order valence-corrected chi connectivity index (χ2v) is 6.38. The number of nitrogens with one attached hydrogen (secondary N) is 1. The largest absolute Gasteiger partial charge is 0.459 e. The second-order valence-electron chi connectivity index (χ2n) is 6.38. The minimum Gasteiger partial charge on any atom is -0.459 e. The lowest BCUT2D eigenvalue weighted by Gasteiger charge is -2.25. The Labute approximate surface area is 136 Å². The van der Waals surface area contributed by atoms with Gasteiger partial charge in [-0.3, -0.25) is 0 Å². The van der Waals surface area contributed by atoms with Crippen LogP contribution in [0.2, 0.25) is 0 Å². The Morgan fingerprint density at radius 1 is 1.22 bits per heavy atom. The molecular formula is C17H25NO5. The molecular weight excluding hydrogens is 298 g/mol. The molecule has 0 heterocycles. The number of amides is 1. The molecule has 1 rings (SSSR count). The number of carbonyl (C=O) groups excluding carboxylic acids is 2. The summed E-state index contributed by atoms with van der Waals surface area (Å²) in [5, 5.41) is 11.7. The van der Waals surface area contributed by atoms with E-state index >= 15 is 0 Å². The van der Waals surface area contributed by atoms with Crippen LogP contribution < -0.4 is 5.32 Å². The summed E-state index contributed by atoms with van der Waals surface area (Å²) >= 11 is 0. The number of aliphatic hydroxyl groups excluding tert-OH is 1. The predicted molar refractivity (Wildman–Crippen MR) is 85.6 cm³/mol. The fourth-order valence-corrected chi connectivity index (χ4v) is 1.79. The van der Waals surface area contributed by atoms with Crippen molar-refractivity contribution in [1.82, 2.24) is 5.32 Å². The minimum atomic E-state index is -0.974. The third-order valence-corrected chi connectivity index (χ3v) is 3.01. The van der Waals surface area contributed by atoms with Crippen LogP contribution in [0.15, 0.2) is 30.3 Å².